The second kappa shape index (κ2) is 4.49. The molecular formula is C11H10ClNS. The van der Waals surface area contributed by atoms with Gasteiger partial charge in [-0.15, -0.1) is 11.3 Å². The van der Waals surface area contributed by atoms with Gasteiger partial charge in [-0.25, -0.2) is 0 Å². The lowest BCUT2D eigenvalue weighted by Crippen LogP contribution is -1.96. The maximum Gasteiger partial charge on any atom is 0.0494 e. The number of anilines is 1. The lowest BCUT2D eigenvalue weighted by atomic mass is 10.3. The molecule has 0 spiro atoms. The molecule has 0 aliphatic rings. The fourth-order valence-corrected chi connectivity index (χ4v) is 2.04. The average Bonchev–Trinajstić information content (AvgIpc) is 2.67. The minimum absolute atomic E-state index is 0.765. The van der Waals surface area contributed by atoms with Crippen molar-refractivity contribution in [1.29, 1.82) is 0 Å². The molecule has 2 aromatic rings. The fourth-order valence-electron chi connectivity index (χ4n) is 1.20. The first-order valence-electron chi connectivity index (χ1n) is 4.36. The van der Waals surface area contributed by atoms with Crippen molar-refractivity contribution in [3.05, 3.63) is 51.7 Å². The van der Waals surface area contributed by atoms with Gasteiger partial charge in [0.15, 0.2) is 0 Å². The molecule has 0 atom stereocenters. The molecule has 1 heterocycles. The van der Waals surface area contributed by atoms with Crippen LogP contribution >= 0.6 is 22.9 Å². The molecule has 0 saturated heterocycles. The third kappa shape index (κ3) is 2.50. The standard InChI is InChI=1S/C11H10ClNS/c12-9-3-1-4-10(7-9)13-8-11-5-2-6-14-11/h1-7,13H,8H2. The van der Waals surface area contributed by atoms with Crippen LogP contribution in [0.4, 0.5) is 5.69 Å². The van der Waals surface area contributed by atoms with Gasteiger partial charge in [-0.2, -0.15) is 0 Å². The highest BCUT2D eigenvalue weighted by Gasteiger charge is 1.95. The molecule has 0 radical (unpaired) electrons. The molecule has 1 aromatic carbocycles. The summed E-state index contributed by atoms with van der Waals surface area (Å²) in [6, 6.07) is 11.9. The minimum atomic E-state index is 0.765. The second-order valence-corrected chi connectivity index (χ2v) is 4.41. The van der Waals surface area contributed by atoms with Crippen molar-refractivity contribution >= 4 is 28.6 Å². The number of thiophene rings is 1. The normalized spacial score (nSPS) is 10.1. The zero-order valence-corrected chi connectivity index (χ0v) is 9.11. The molecule has 1 N–H and O–H groups in total. The SMILES string of the molecule is Clc1cccc(NCc2cccs2)c1. The summed E-state index contributed by atoms with van der Waals surface area (Å²) in [4.78, 5) is 1.32. The van der Waals surface area contributed by atoms with Crippen LogP contribution in [-0.4, -0.2) is 0 Å². The van der Waals surface area contributed by atoms with Crippen LogP contribution in [0.15, 0.2) is 41.8 Å². The summed E-state index contributed by atoms with van der Waals surface area (Å²) in [7, 11) is 0. The Bertz CT molecular complexity index is 397. The van der Waals surface area contributed by atoms with Crippen molar-refractivity contribution < 1.29 is 0 Å². The largest absolute Gasteiger partial charge is 0.380 e. The van der Waals surface area contributed by atoms with E-state index < -0.39 is 0 Å². The van der Waals surface area contributed by atoms with Gasteiger partial charge in [-0.3, -0.25) is 0 Å². The molecule has 1 aromatic heterocycles. The van der Waals surface area contributed by atoms with Crippen molar-refractivity contribution in [2.75, 3.05) is 5.32 Å². The summed E-state index contributed by atoms with van der Waals surface area (Å²) in [5, 5.41) is 6.16. The first-order chi connectivity index (χ1) is 6.84. The molecule has 1 nitrogen and oxygen atoms in total. The molecular weight excluding hydrogens is 214 g/mol. The van der Waals surface area contributed by atoms with Crippen LogP contribution in [0.2, 0.25) is 5.02 Å². The Morgan fingerprint density at radius 3 is 2.86 bits per heavy atom. The zero-order chi connectivity index (χ0) is 9.80. The van der Waals surface area contributed by atoms with E-state index in [4.69, 9.17) is 11.6 Å². The first-order valence-corrected chi connectivity index (χ1v) is 5.62. The van der Waals surface area contributed by atoms with Crippen molar-refractivity contribution in [3.8, 4) is 0 Å². The Balaban J connectivity index is 1.98. The van der Waals surface area contributed by atoms with Crippen molar-refractivity contribution in [3.63, 3.8) is 0 Å². The predicted octanol–water partition coefficient (Wildman–Crippen LogP) is 4.01. The van der Waals surface area contributed by atoms with Crippen LogP contribution in [-0.2, 0) is 6.54 Å². The van der Waals surface area contributed by atoms with Gasteiger partial charge in [0.25, 0.3) is 0 Å². The fraction of sp³-hybridized carbons (Fsp3) is 0.0909. The summed E-state index contributed by atoms with van der Waals surface area (Å²) in [6.45, 7) is 0.859. The van der Waals surface area contributed by atoms with Gasteiger partial charge >= 0.3 is 0 Å². The number of halogens is 1. The quantitative estimate of drug-likeness (QED) is 0.829. The lowest BCUT2D eigenvalue weighted by Gasteiger charge is -2.04. The summed E-state index contributed by atoms with van der Waals surface area (Å²) < 4.78 is 0. The number of hydrogen-bond acceptors (Lipinski definition) is 2. The summed E-state index contributed by atoms with van der Waals surface area (Å²) in [5.74, 6) is 0. The van der Waals surface area contributed by atoms with Gasteiger partial charge in [0.1, 0.15) is 0 Å². The second-order valence-electron chi connectivity index (χ2n) is 2.94. The smallest absolute Gasteiger partial charge is 0.0494 e. The monoisotopic (exact) mass is 223 g/mol. The number of nitrogens with one attached hydrogen (secondary N) is 1. The first kappa shape index (κ1) is 9.56. The van der Waals surface area contributed by atoms with E-state index in [2.05, 4.69) is 22.8 Å². The van der Waals surface area contributed by atoms with Crippen molar-refractivity contribution in [2.45, 2.75) is 6.54 Å². The molecule has 0 aliphatic heterocycles. The Labute approximate surface area is 92.3 Å². The van der Waals surface area contributed by atoms with Crippen LogP contribution in [0.5, 0.6) is 0 Å². The van der Waals surface area contributed by atoms with Crippen molar-refractivity contribution in [2.24, 2.45) is 0 Å². The molecule has 0 aliphatic carbocycles. The number of rotatable bonds is 3. The Morgan fingerprint density at radius 1 is 1.21 bits per heavy atom. The van der Waals surface area contributed by atoms with Gasteiger partial charge in [-0.05, 0) is 29.6 Å². The highest BCUT2D eigenvalue weighted by Crippen LogP contribution is 2.16. The summed E-state index contributed by atoms with van der Waals surface area (Å²) in [5.41, 5.74) is 1.06. The van der Waals surface area contributed by atoms with Crippen LogP contribution < -0.4 is 5.32 Å². The molecule has 2 rings (SSSR count). The van der Waals surface area contributed by atoms with Crippen LogP contribution in [0.1, 0.15) is 4.88 Å². The molecule has 0 bridgehead atoms. The molecule has 0 amide bonds. The highest BCUT2D eigenvalue weighted by atomic mass is 35.5. The van der Waals surface area contributed by atoms with E-state index in [9.17, 15) is 0 Å². The van der Waals surface area contributed by atoms with Gasteiger partial charge in [0.05, 0.1) is 0 Å². The molecule has 3 heteroatoms. The van der Waals surface area contributed by atoms with Gasteiger partial charge in [0, 0.05) is 22.1 Å². The van der Waals surface area contributed by atoms with Gasteiger partial charge < -0.3 is 5.32 Å². The predicted molar refractivity (Wildman–Crippen MR) is 63.1 cm³/mol. The van der Waals surface area contributed by atoms with E-state index in [1.807, 2.05) is 24.3 Å². The maximum absolute atomic E-state index is 5.87. The van der Waals surface area contributed by atoms with E-state index in [0.717, 1.165) is 17.3 Å². The van der Waals surface area contributed by atoms with E-state index >= 15 is 0 Å². The minimum Gasteiger partial charge on any atom is -0.380 e. The third-order valence-electron chi connectivity index (χ3n) is 1.87. The molecule has 14 heavy (non-hydrogen) atoms. The summed E-state index contributed by atoms with van der Waals surface area (Å²) in [6.07, 6.45) is 0. The van der Waals surface area contributed by atoms with Gasteiger partial charge in [0.2, 0.25) is 0 Å². The zero-order valence-electron chi connectivity index (χ0n) is 7.53. The van der Waals surface area contributed by atoms with Crippen LogP contribution in [0.3, 0.4) is 0 Å². The van der Waals surface area contributed by atoms with E-state index in [-0.39, 0.29) is 0 Å². The average molecular weight is 224 g/mol. The van der Waals surface area contributed by atoms with E-state index in [0.29, 0.717) is 0 Å². The van der Waals surface area contributed by atoms with Crippen LogP contribution in [0, 0.1) is 0 Å². The molecule has 72 valence electrons. The maximum atomic E-state index is 5.87. The van der Waals surface area contributed by atoms with E-state index in [1.54, 1.807) is 11.3 Å². The third-order valence-corrected chi connectivity index (χ3v) is 2.98. The topological polar surface area (TPSA) is 12.0 Å². The molecule has 0 fully saturated rings. The lowest BCUT2D eigenvalue weighted by molar-refractivity contribution is 1.19. The van der Waals surface area contributed by atoms with Crippen LogP contribution in [0.25, 0.3) is 0 Å². The molecule has 0 unspecified atom stereocenters. The Hall–Kier alpha value is -0.990. The van der Waals surface area contributed by atoms with E-state index in [1.165, 1.54) is 4.88 Å². The number of hydrogen-bond donors (Lipinski definition) is 1. The van der Waals surface area contributed by atoms with Gasteiger partial charge in [-0.1, -0.05) is 23.7 Å². The Kier molecular flexibility index (Phi) is 3.07. The molecule has 0 saturated carbocycles. The van der Waals surface area contributed by atoms with Crippen molar-refractivity contribution in [1.82, 2.24) is 0 Å². The summed E-state index contributed by atoms with van der Waals surface area (Å²) >= 11 is 7.62. The number of benzene rings is 1. The Morgan fingerprint density at radius 2 is 2.14 bits per heavy atom. The highest BCUT2D eigenvalue weighted by molar-refractivity contribution is 7.09.